The Morgan fingerprint density at radius 1 is 1.11 bits per heavy atom. The third-order valence-electron chi connectivity index (χ3n) is 4.67. The van der Waals surface area contributed by atoms with E-state index in [4.69, 9.17) is 11.6 Å². The summed E-state index contributed by atoms with van der Waals surface area (Å²) >= 11 is 6.23. The zero-order valence-corrected chi connectivity index (χ0v) is 15.8. The molecule has 7 nitrogen and oxygen atoms in total. The number of hydrogen-bond donors (Lipinski definition) is 1. The summed E-state index contributed by atoms with van der Waals surface area (Å²) in [4.78, 5) is 12.8. The van der Waals surface area contributed by atoms with Crippen LogP contribution in [0.4, 0.5) is 0 Å². The molecule has 4 aromatic rings. The molecule has 0 bridgehead atoms. The molecular formula is C20H19ClN6O. The number of halogens is 1. The molecule has 28 heavy (non-hydrogen) atoms. The van der Waals surface area contributed by atoms with Crippen molar-refractivity contribution in [2.24, 2.45) is 0 Å². The minimum Gasteiger partial charge on any atom is -0.352 e. The smallest absolute Gasteiger partial charge is 0.245 e. The molecule has 8 heteroatoms. The average Bonchev–Trinajstić information content (AvgIpc) is 3.38. The van der Waals surface area contributed by atoms with E-state index in [1.165, 1.54) is 11.0 Å². The lowest BCUT2D eigenvalue weighted by atomic mass is 10.1. The first-order chi connectivity index (χ1) is 13.7. The molecule has 2 heterocycles. The number of hydrogen-bond acceptors (Lipinski definition) is 4. The van der Waals surface area contributed by atoms with Gasteiger partial charge in [-0.2, -0.15) is 0 Å². The molecule has 1 amide bonds. The number of tetrazole rings is 1. The normalized spacial score (nSPS) is 12.2. The number of nitrogens with zero attached hydrogens (tertiary/aromatic N) is 5. The van der Waals surface area contributed by atoms with Crippen molar-refractivity contribution in [3.05, 3.63) is 77.7 Å². The SMILES string of the molecule is O=C(NCCn1ccc2c(Cl)cccc21)[C@@H](Cc1ccccc1)n1cnnn1. The van der Waals surface area contributed by atoms with Crippen molar-refractivity contribution < 1.29 is 4.79 Å². The van der Waals surface area contributed by atoms with Gasteiger partial charge in [0, 0.05) is 41.6 Å². The van der Waals surface area contributed by atoms with E-state index in [-0.39, 0.29) is 5.91 Å². The van der Waals surface area contributed by atoms with Crippen LogP contribution in [0.5, 0.6) is 0 Å². The van der Waals surface area contributed by atoms with Crippen LogP contribution in [0.1, 0.15) is 11.6 Å². The molecule has 0 aliphatic carbocycles. The van der Waals surface area contributed by atoms with Crippen LogP contribution in [0.15, 0.2) is 67.1 Å². The number of nitrogens with one attached hydrogen (secondary N) is 1. The van der Waals surface area contributed by atoms with Crippen LogP contribution in [0.2, 0.25) is 5.02 Å². The summed E-state index contributed by atoms with van der Waals surface area (Å²) in [6.45, 7) is 1.13. The lowest BCUT2D eigenvalue weighted by Gasteiger charge is -2.17. The molecule has 0 spiro atoms. The van der Waals surface area contributed by atoms with Gasteiger partial charge in [0.15, 0.2) is 0 Å². The van der Waals surface area contributed by atoms with Gasteiger partial charge in [-0.15, -0.1) is 5.10 Å². The standard InChI is InChI=1S/C20H19ClN6O/c21-17-7-4-8-18-16(17)9-11-26(18)12-10-22-20(28)19(27-14-23-24-25-27)13-15-5-2-1-3-6-15/h1-9,11,14,19H,10,12-13H2,(H,22,28)/t19-/m1/s1. The third-order valence-corrected chi connectivity index (χ3v) is 5.00. The predicted octanol–water partition coefficient (Wildman–Crippen LogP) is 2.88. The molecule has 0 radical (unpaired) electrons. The number of rotatable bonds is 7. The number of carbonyl (C=O) groups excluding carboxylic acids is 1. The maximum atomic E-state index is 12.8. The Balaban J connectivity index is 1.43. The van der Waals surface area contributed by atoms with E-state index >= 15 is 0 Å². The molecular weight excluding hydrogens is 376 g/mol. The molecule has 1 atom stereocenters. The van der Waals surface area contributed by atoms with Gasteiger partial charge in [0.05, 0.1) is 0 Å². The van der Waals surface area contributed by atoms with E-state index in [0.717, 1.165) is 21.5 Å². The van der Waals surface area contributed by atoms with Gasteiger partial charge < -0.3 is 9.88 Å². The van der Waals surface area contributed by atoms with E-state index in [1.54, 1.807) is 0 Å². The summed E-state index contributed by atoms with van der Waals surface area (Å²) in [6, 6.07) is 17.1. The Hall–Kier alpha value is -3.19. The molecule has 0 aliphatic heterocycles. The van der Waals surface area contributed by atoms with E-state index < -0.39 is 6.04 Å². The molecule has 0 aliphatic rings. The van der Waals surface area contributed by atoms with E-state index in [9.17, 15) is 4.79 Å². The van der Waals surface area contributed by atoms with E-state index in [1.807, 2.05) is 60.8 Å². The van der Waals surface area contributed by atoms with Gasteiger partial charge in [-0.05, 0) is 34.2 Å². The maximum absolute atomic E-state index is 12.8. The Morgan fingerprint density at radius 3 is 2.75 bits per heavy atom. The number of fused-ring (bicyclic) bond motifs is 1. The van der Waals surface area contributed by atoms with Gasteiger partial charge in [-0.1, -0.05) is 48.0 Å². The van der Waals surface area contributed by atoms with Gasteiger partial charge in [0.25, 0.3) is 0 Å². The number of amides is 1. The predicted molar refractivity (Wildman–Crippen MR) is 107 cm³/mol. The first-order valence-electron chi connectivity index (χ1n) is 9.00. The van der Waals surface area contributed by atoms with Crippen molar-refractivity contribution in [1.29, 1.82) is 0 Å². The van der Waals surface area contributed by atoms with Crippen molar-refractivity contribution in [2.75, 3.05) is 6.54 Å². The number of aromatic nitrogens is 5. The van der Waals surface area contributed by atoms with Crippen molar-refractivity contribution >= 4 is 28.4 Å². The molecule has 0 fully saturated rings. The first kappa shape index (κ1) is 18.2. The lowest BCUT2D eigenvalue weighted by molar-refractivity contribution is -0.124. The summed E-state index contributed by atoms with van der Waals surface area (Å²) in [6.07, 6.45) is 3.96. The molecule has 2 aromatic carbocycles. The second kappa shape index (κ2) is 8.22. The second-order valence-corrected chi connectivity index (χ2v) is 6.88. The van der Waals surface area contributed by atoms with E-state index in [2.05, 4.69) is 25.4 Å². The van der Waals surface area contributed by atoms with Gasteiger partial charge in [0.2, 0.25) is 5.91 Å². The minimum absolute atomic E-state index is 0.120. The van der Waals surface area contributed by atoms with Crippen LogP contribution >= 0.6 is 11.6 Å². The highest BCUT2D eigenvalue weighted by atomic mass is 35.5. The first-order valence-corrected chi connectivity index (χ1v) is 9.37. The van der Waals surface area contributed by atoms with Gasteiger partial charge in [0.1, 0.15) is 12.4 Å². The summed E-state index contributed by atoms with van der Waals surface area (Å²) in [7, 11) is 0. The molecule has 4 rings (SSSR count). The fourth-order valence-corrected chi connectivity index (χ4v) is 3.49. The third kappa shape index (κ3) is 3.89. The molecule has 0 saturated carbocycles. The zero-order chi connectivity index (χ0) is 19.3. The molecule has 2 aromatic heterocycles. The van der Waals surface area contributed by atoms with Crippen molar-refractivity contribution in [1.82, 2.24) is 30.1 Å². The quantitative estimate of drug-likeness (QED) is 0.523. The van der Waals surface area contributed by atoms with Crippen molar-refractivity contribution in [3.8, 4) is 0 Å². The summed E-state index contributed by atoms with van der Waals surface area (Å²) in [5.74, 6) is -0.120. The molecule has 0 unspecified atom stereocenters. The molecule has 1 N–H and O–H groups in total. The van der Waals surface area contributed by atoms with Crippen molar-refractivity contribution in [3.63, 3.8) is 0 Å². The second-order valence-electron chi connectivity index (χ2n) is 6.47. The molecule has 142 valence electrons. The minimum atomic E-state index is -0.506. The zero-order valence-electron chi connectivity index (χ0n) is 15.1. The van der Waals surface area contributed by atoms with Crippen LogP contribution in [0, 0.1) is 0 Å². The fraction of sp³-hybridized carbons (Fsp3) is 0.200. The van der Waals surface area contributed by atoms with Crippen LogP contribution in [0.3, 0.4) is 0 Å². The van der Waals surface area contributed by atoms with Crippen LogP contribution in [0.25, 0.3) is 10.9 Å². The van der Waals surface area contributed by atoms with E-state index in [0.29, 0.717) is 19.5 Å². The van der Waals surface area contributed by atoms with Gasteiger partial charge >= 0.3 is 0 Å². The Kier molecular flexibility index (Phi) is 5.34. The summed E-state index contributed by atoms with van der Waals surface area (Å²) in [5.41, 5.74) is 2.09. The highest BCUT2D eigenvalue weighted by Gasteiger charge is 2.22. The topological polar surface area (TPSA) is 77.6 Å². The molecule has 0 saturated heterocycles. The monoisotopic (exact) mass is 394 g/mol. The highest BCUT2D eigenvalue weighted by molar-refractivity contribution is 6.35. The van der Waals surface area contributed by atoms with Gasteiger partial charge in [-0.3, -0.25) is 4.79 Å². The van der Waals surface area contributed by atoms with Crippen LogP contribution < -0.4 is 5.32 Å². The Bertz CT molecular complexity index is 1060. The lowest BCUT2D eigenvalue weighted by Crippen LogP contribution is -2.36. The number of carbonyl (C=O) groups is 1. The van der Waals surface area contributed by atoms with Gasteiger partial charge in [-0.25, -0.2) is 4.68 Å². The largest absolute Gasteiger partial charge is 0.352 e. The average molecular weight is 395 g/mol. The highest BCUT2D eigenvalue weighted by Crippen LogP contribution is 2.24. The fourth-order valence-electron chi connectivity index (χ4n) is 3.25. The maximum Gasteiger partial charge on any atom is 0.245 e. The number of benzene rings is 2. The van der Waals surface area contributed by atoms with Crippen molar-refractivity contribution in [2.45, 2.75) is 19.0 Å². The Labute approximate surface area is 166 Å². The summed E-state index contributed by atoms with van der Waals surface area (Å²) < 4.78 is 3.57. The van der Waals surface area contributed by atoms with Crippen LogP contribution in [-0.4, -0.2) is 37.2 Å². The summed E-state index contributed by atoms with van der Waals surface area (Å²) in [5, 5.41) is 16.0. The Morgan fingerprint density at radius 2 is 1.96 bits per heavy atom. The van der Waals surface area contributed by atoms with Crippen LogP contribution in [-0.2, 0) is 17.8 Å².